The summed E-state index contributed by atoms with van der Waals surface area (Å²) in [6.45, 7) is 5.82. The Hall–Kier alpha value is -1.65. The Balaban J connectivity index is 0.00000256. The van der Waals surface area contributed by atoms with E-state index in [1.54, 1.807) is 0 Å². The Kier molecular flexibility index (Phi) is 7.75. The molecular weight excluding hydrogens is 497 g/mol. The van der Waals surface area contributed by atoms with Gasteiger partial charge in [0.05, 0.1) is 11.8 Å². The Morgan fingerprint density at radius 3 is 2.40 bits per heavy atom. The molecule has 4 unspecified atom stereocenters. The van der Waals surface area contributed by atoms with E-state index >= 15 is 0 Å². The summed E-state index contributed by atoms with van der Waals surface area (Å²) in [4.78, 5) is 45.0. The highest BCUT2D eigenvalue weighted by Crippen LogP contribution is 2.52. The van der Waals surface area contributed by atoms with Crippen LogP contribution < -0.4 is 10.6 Å². The number of amides is 3. The zero-order valence-electron chi connectivity index (χ0n) is 17.5. The van der Waals surface area contributed by atoms with E-state index in [2.05, 4.69) is 27.8 Å². The summed E-state index contributed by atoms with van der Waals surface area (Å²) < 4.78 is 0. The number of imide groups is 1. The molecule has 9 heteroatoms. The van der Waals surface area contributed by atoms with Crippen molar-refractivity contribution in [1.82, 2.24) is 20.4 Å². The minimum Gasteiger partial charge on any atom is -0.357 e. The van der Waals surface area contributed by atoms with Crippen molar-refractivity contribution < 1.29 is 14.4 Å². The molecule has 4 atom stereocenters. The smallest absolute Gasteiger partial charge is 0.233 e. The second-order valence-electron chi connectivity index (χ2n) is 8.35. The number of nitrogens with zero attached hydrogens (tertiary/aromatic N) is 3. The fraction of sp³-hybridized carbons (Fsp3) is 0.714. The Bertz CT molecular complexity index is 710. The van der Waals surface area contributed by atoms with Gasteiger partial charge in [-0.05, 0) is 38.0 Å². The second kappa shape index (κ2) is 10.1. The number of aliphatic imine (C=N–C) groups is 1. The number of carbonyl (C=O) groups is 3. The maximum atomic E-state index is 12.7. The van der Waals surface area contributed by atoms with Gasteiger partial charge in [-0.3, -0.25) is 24.3 Å². The highest BCUT2D eigenvalue weighted by molar-refractivity contribution is 14.0. The number of halogens is 1. The first kappa shape index (κ1) is 23.0. The van der Waals surface area contributed by atoms with Crippen molar-refractivity contribution in [2.24, 2.45) is 28.7 Å². The normalized spacial score (nSPS) is 29.6. The lowest BCUT2D eigenvalue weighted by Gasteiger charge is -2.19. The van der Waals surface area contributed by atoms with Crippen LogP contribution in [-0.4, -0.2) is 72.7 Å². The Morgan fingerprint density at radius 1 is 1.10 bits per heavy atom. The average molecular weight is 529 g/mol. The standard InChI is InChI=1S/C21H31N5O3.HI/c1-2-22-21(23-8-4-11-25-10-3-5-16(25)27)24-9-12-26-19(28)17-14-6-7-15(13-14)18(17)20(26)29;/h6-7,14-15,17-18H,2-5,8-13H2,1H3,(H2,22,23,24);1H. The summed E-state index contributed by atoms with van der Waals surface area (Å²) in [5.41, 5.74) is 0. The summed E-state index contributed by atoms with van der Waals surface area (Å²) >= 11 is 0. The first-order valence-corrected chi connectivity index (χ1v) is 10.9. The van der Waals surface area contributed by atoms with Crippen molar-refractivity contribution in [2.45, 2.75) is 32.6 Å². The van der Waals surface area contributed by atoms with Gasteiger partial charge in [-0.15, -0.1) is 24.0 Å². The molecule has 8 nitrogen and oxygen atoms in total. The molecule has 2 heterocycles. The third-order valence-corrected chi connectivity index (χ3v) is 6.56. The van der Waals surface area contributed by atoms with Gasteiger partial charge in [0, 0.05) is 45.7 Å². The molecule has 3 fully saturated rings. The molecular formula is C21H32IN5O3. The first-order valence-electron chi connectivity index (χ1n) is 10.9. The van der Waals surface area contributed by atoms with E-state index < -0.39 is 0 Å². The lowest BCUT2D eigenvalue weighted by atomic mass is 9.85. The SMILES string of the molecule is CCNC(=NCCCN1CCCC1=O)NCCN1C(=O)C2C3C=CC(C3)C2C1=O.I. The zero-order chi connectivity index (χ0) is 20.4. The summed E-state index contributed by atoms with van der Waals surface area (Å²) in [6, 6.07) is 0. The van der Waals surface area contributed by atoms with Crippen LogP contribution in [0.5, 0.6) is 0 Å². The van der Waals surface area contributed by atoms with Gasteiger partial charge in [0.25, 0.3) is 0 Å². The van der Waals surface area contributed by atoms with Crippen molar-refractivity contribution in [1.29, 1.82) is 0 Å². The van der Waals surface area contributed by atoms with Gasteiger partial charge >= 0.3 is 0 Å². The monoisotopic (exact) mass is 529 g/mol. The third kappa shape index (κ3) is 4.50. The van der Waals surface area contributed by atoms with Crippen molar-refractivity contribution in [3.63, 3.8) is 0 Å². The molecule has 2 aliphatic heterocycles. The Morgan fingerprint density at radius 2 is 1.80 bits per heavy atom. The quantitative estimate of drug-likeness (QED) is 0.122. The van der Waals surface area contributed by atoms with Crippen LogP contribution in [0, 0.1) is 23.7 Å². The predicted octanol–water partition coefficient (Wildman–Crippen LogP) is 0.979. The third-order valence-electron chi connectivity index (χ3n) is 6.56. The molecule has 3 amide bonds. The number of nitrogens with one attached hydrogen (secondary N) is 2. The Labute approximate surface area is 194 Å². The van der Waals surface area contributed by atoms with Gasteiger partial charge in [0.15, 0.2) is 5.96 Å². The van der Waals surface area contributed by atoms with Gasteiger partial charge in [0.2, 0.25) is 17.7 Å². The molecule has 166 valence electrons. The molecule has 0 aromatic heterocycles. The van der Waals surface area contributed by atoms with E-state index in [-0.39, 0.29) is 65.4 Å². The number of fused-ring (bicyclic) bond motifs is 5. The van der Waals surface area contributed by atoms with E-state index in [9.17, 15) is 14.4 Å². The van der Waals surface area contributed by atoms with Gasteiger partial charge in [-0.1, -0.05) is 12.2 Å². The minimum absolute atomic E-state index is 0. The van der Waals surface area contributed by atoms with E-state index in [4.69, 9.17) is 0 Å². The van der Waals surface area contributed by atoms with Gasteiger partial charge in [-0.25, -0.2) is 0 Å². The summed E-state index contributed by atoms with van der Waals surface area (Å²) in [6.07, 6.45) is 7.64. The van der Waals surface area contributed by atoms with Crippen LogP contribution in [0.2, 0.25) is 0 Å². The van der Waals surface area contributed by atoms with Crippen LogP contribution in [0.25, 0.3) is 0 Å². The summed E-state index contributed by atoms with van der Waals surface area (Å²) in [7, 11) is 0. The van der Waals surface area contributed by atoms with Gasteiger partial charge < -0.3 is 15.5 Å². The number of hydrogen-bond donors (Lipinski definition) is 2. The van der Waals surface area contributed by atoms with Crippen LogP contribution in [0.1, 0.15) is 32.6 Å². The summed E-state index contributed by atoms with van der Waals surface area (Å²) in [5, 5.41) is 6.42. The largest absolute Gasteiger partial charge is 0.357 e. The molecule has 2 N–H and O–H groups in total. The fourth-order valence-corrected chi connectivity index (χ4v) is 5.21. The lowest BCUT2D eigenvalue weighted by Crippen LogP contribution is -2.43. The van der Waals surface area contributed by atoms with Crippen molar-refractivity contribution >= 4 is 47.7 Å². The topological polar surface area (TPSA) is 94.1 Å². The molecule has 30 heavy (non-hydrogen) atoms. The molecule has 0 aromatic carbocycles. The van der Waals surface area contributed by atoms with E-state index in [1.165, 1.54) is 4.90 Å². The average Bonchev–Trinajstić information content (AvgIpc) is 3.46. The maximum Gasteiger partial charge on any atom is 0.233 e. The molecule has 2 bridgehead atoms. The maximum absolute atomic E-state index is 12.7. The van der Waals surface area contributed by atoms with Crippen LogP contribution in [0.15, 0.2) is 17.1 Å². The predicted molar refractivity (Wildman–Crippen MR) is 124 cm³/mol. The van der Waals surface area contributed by atoms with Crippen molar-refractivity contribution in [2.75, 3.05) is 39.3 Å². The van der Waals surface area contributed by atoms with Crippen LogP contribution in [0.4, 0.5) is 0 Å². The number of rotatable bonds is 8. The molecule has 2 saturated heterocycles. The van der Waals surface area contributed by atoms with E-state index in [0.29, 0.717) is 32.0 Å². The number of allylic oxidation sites excluding steroid dienone is 2. The van der Waals surface area contributed by atoms with Crippen LogP contribution >= 0.6 is 24.0 Å². The molecule has 4 rings (SSSR count). The minimum atomic E-state index is -0.132. The first-order chi connectivity index (χ1) is 14.1. The molecule has 4 aliphatic rings. The molecule has 0 spiro atoms. The zero-order valence-corrected chi connectivity index (χ0v) is 19.8. The second-order valence-corrected chi connectivity index (χ2v) is 8.35. The molecule has 0 aromatic rings. The number of carbonyl (C=O) groups excluding carboxylic acids is 3. The number of likely N-dealkylation sites (tertiary alicyclic amines) is 2. The lowest BCUT2D eigenvalue weighted by molar-refractivity contribution is -0.140. The van der Waals surface area contributed by atoms with Crippen molar-refractivity contribution in [3.8, 4) is 0 Å². The van der Waals surface area contributed by atoms with Crippen LogP contribution in [0.3, 0.4) is 0 Å². The fourth-order valence-electron chi connectivity index (χ4n) is 5.21. The van der Waals surface area contributed by atoms with Gasteiger partial charge in [-0.2, -0.15) is 0 Å². The van der Waals surface area contributed by atoms with Gasteiger partial charge in [0.1, 0.15) is 0 Å². The number of guanidine groups is 1. The highest BCUT2D eigenvalue weighted by atomic mass is 127. The summed E-state index contributed by atoms with van der Waals surface area (Å²) in [5.74, 6) is 1.15. The van der Waals surface area contributed by atoms with Crippen LogP contribution in [-0.2, 0) is 14.4 Å². The highest BCUT2D eigenvalue weighted by Gasteiger charge is 2.58. The number of hydrogen-bond acceptors (Lipinski definition) is 4. The van der Waals surface area contributed by atoms with E-state index in [1.807, 2.05) is 11.8 Å². The molecule has 2 aliphatic carbocycles. The molecule has 1 saturated carbocycles. The molecule has 0 radical (unpaired) electrons. The van der Waals surface area contributed by atoms with Crippen molar-refractivity contribution in [3.05, 3.63) is 12.2 Å². The van der Waals surface area contributed by atoms with E-state index in [0.717, 1.165) is 38.9 Å².